The predicted molar refractivity (Wildman–Crippen MR) is 59.4 cm³/mol. The summed E-state index contributed by atoms with van der Waals surface area (Å²) in [5.74, 6) is -0.311. The summed E-state index contributed by atoms with van der Waals surface area (Å²) < 4.78 is 12.7. The van der Waals surface area contributed by atoms with Crippen LogP contribution in [0.4, 0.5) is 4.39 Å². The van der Waals surface area contributed by atoms with E-state index in [9.17, 15) is 9.50 Å². The lowest BCUT2D eigenvalue weighted by molar-refractivity contribution is 0.214. The van der Waals surface area contributed by atoms with E-state index in [4.69, 9.17) is 0 Å². The third kappa shape index (κ3) is 2.09. The van der Waals surface area contributed by atoms with E-state index < -0.39 is 6.10 Å². The van der Waals surface area contributed by atoms with Crippen LogP contribution in [0.15, 0.2) is 42.6 Å². The van der Waals surface area contributed by atoms with Crippen molar-refractivity contribution in [3.8, 4) is 0 Å². The van der Waals surface area contributed by atoms with Gasteiger partial charge in [0.25, 0.3) is 0 Å². The number of hydrogen-bond donors (Lipinski definition) is 1. The van der Waals surface area contributed by atoms with Gasteiger partial charge in [-0.2, -0.15) is 0 Å². The van der Waals surface area contributed by atoms with Crippen LogP contribution in [-0.2, 0) is 0 Å². The summed E-state index contributed by atoms with van der Waals surface area (Å²) in [7, 11) is 0. The molecule has 0 radical (unpaired) electrons. The molecular weight excluding hydrogens is 205 g/mol. The number of halogens is 1. The molecule has 0 spiro atoms. The average molecular weight is 217 g/mol. The fourth-order valence-corrected chi connectivity index (χ4v) is 1.59. The van der Waals surface area contributed by atoms with E-state index in [1.807, 2.05) is 19.1 Å². The highest BCUT2D eigenvalue weighted by Crippen LogP contribution is 2.22. The first kappa shape index (κ1) is 10.8. The molecule has 2 aromatic rings. The van der Waals surface area contributed by atoms with Crippen LogP contribution in [0.3, 0.4) is 0 Å². The molecule has 0 saturated carbocycles. The average Bonchev–Trinajstić information content (AvgIpc) is 2.30. The smallest absolute Gasteiger partial charge is 0.123 e. The van der Waals surface area contributed by atoms with Gasteiger partial charge in [-0.15, -0.1) is 0 Å². The van der Waals surface area contributed by atoms with Crippen molar-refractivity contribution in [3.63, 3.8) is 0 Å². The Labute approximate surface area is 93.4 Å². The fourth-order valence-electron chi connectivity index (χ4n) is 1.59. The zero-order chi connectivity index (χ0) is 11.5. The first-order chi connectivity index (χ1) is 7.68. The summed E-state index contributed by atoms with van der Waals surface area (Å²) >= 11 is 0. The van der Waals surface area contributed by atoms with Gasteiger partial charge in [0, 0.05) is 6.20 Å². The van der Waals surface area contributed by atoms with E-state index in [0.29, 0.717) is 11.3 Å². The lowest BCUT2D eigenvalue weighted by Gasteiger charge is -2.12. The summed E-state index contributed by atoms with van der Waals surface area (Å²) in [6.45, 7) is 1.88. The first-order valence-corrected chi connectivity index (χ1v) is 5.03. The molecule has 3 heteroatoms. The quantitative estimate of drug-likeness (QED) is 0.838. The number of nitrogens with zero attached hydrogens (tertiary/aromatic N) is 1. The zero-order valence-corrected chi connectivity index (χ0v) is 8.89. The highest BCUT2D eigenvalue weighted by Gasteiger charge is 2.13. The maximum absolute atomic E-state index is 12.7. The highest BCUT2D eigenvalue weighted by molar-refractivity contribution is 5.30. The second kappa shape index (κ2) is 4.41. The van der Waals surface area contributed by atoms with Crippen LogP contribution in [0.5, 0.6) is 0 Å². The number of rotatable bonds is 2. The van der Waals surface area contributed by atoms with Crippen molar-refractivity contribution in [3.05, 3.63) is 65.2 Å². The summed E-state index contributed by atoms with van der Waals surface area (Å²) in [5.41, 5.74) is 2.16. The number of aliphatic hydroxyl groups is 1. The number of aromatic nitrogens is 1. The van der Waals surface area contributed by atoms with Gasteiger partial charge in [-0.3, -0.25) is 4.98 Å². The van der Waals surface area contributed by atoms with Gasteiger partial charge in [-0.25, -0.2) is 4.39 Å². The Balaban J connectivity index is 2.35. The Hall–Kier alpha value is -1.74. The molecule has 1 unspecified atom stereocenters. The number of pyridine rings is 1. The molecule has 0 aliphatic heterocycles. The molecule has 16 heavy (non-hydrogen) atoms. The first-order valence-electron chi connectivity index (χ1n) is 5.03. The van der Waals surface area contributed by atoms with Gasteiger partial charge < -0.3 is 5.11 Å². The number of aryl methyl sites for hydroxylation is 1. The molecule has 0 saturated heterocycles. The van der Waals surface area contributed by atoms with Crippen molar-refractivity contribution in [2.24, 2.45) is 0 Å². The summed E-state index contributed by atoms with van der Waals surface area (Å²) in [4.78, 5) is 4.13. The lowest BCUT2D eigenvalue weighted by Crippen LogP contribution is -2.04. The molecular formula is C13H12FNO. The summed E-state index contributed by atoms with van der Waals surface area (Å²) in [6, 6.07) is 9.49. The van der Waals surface area contributed by atoms with E-state index >= 15 is 0 Å². The molecule has 1 N–H and O–H groups in total. The van der Waals surface area contributed by atoms with Gasteiger partial charge in [-0.1, -0.05) is 18.2 Å². The van der Waals surface area contributed by atoms with Crippen molar-refractivity contribution in [1.82, 2.24) is 4.98 Å². The standard InChI is InChI=1S/C13H12FNO/c1-9-3-2-8-15-12(9)13(16)10-4-6-11(14)7-5-10/h2-8,13,16H,1H3. The van der Waals surface area contributed by atoms with Crippen LogP contribution in [0.1, 0.15) is 22.9 Å². The van der Waals surface area contributed by atoms with Gasteiger partial charge in [0.15, 0.2) is 0 Å². The van der Waals surface area contributed by atoms with Crippen molar-refractivity contribution in [1.29, 1.82) is 0 Å². The molecule has 0 fully saturated rings. The Morgan fingerprint density at radius 3 is 2.50 bits per heavy atom. The third-order valence-corrected chi connectivity index (χ3v) is 2.49. The maximum atomic E-state index is 12.7. The van der Waals surface area contributed by atoms with Crippen molar-refractivity contribution >= 4 is 0 Å². The summed E-state index contributed by atoms with van der Waals surface area (Å²) in [5, 5.41) is 10.1. The van der Waals surface area contributed by atoms with Crippen LogP contribution in [-0.4, -0.2) is 10.1 Å². The molecule has 0 aliphatic rings. The molecule has 1 aromatic carbocycles. The van der Waals surface area contributed by atoms with Crippen molar-refractivity contribution in [2.45, 2.75) is 13.0 Å². The van der Waals surface area contributed by atoms with Crippen LogP contribution in [0, 0.1) is 12.7 Å². The SMILES string of the molecule is Cc1cccnc1C(O)c1ccc(F)cc1. The monoisotopic (exact) mass is 217 g/mol. The summed E-state index contributed by atoms with van der Waals surface area (Å²) in [6.07, 6.45) is 0.830. The Bertz CT molecular complexity index is 482. The van der Waals surface area contributed by atoms with Gasteiger partial charge in [-0.05, 0) is 36.2 Å². The molecule has 82 valence electrons. The van der Waals surface area contributed by atoms with Crippen LogP contribution in [0.25, 0.3) is 0 Å². The van der Waals surface area contributed by atoms with Gasteiger partial charge in [0.2, 0.25) is 0 Å². The van der Waals surface area contributed by atoms with E-state index in [2.05, 4.69) is 4.98 Å². The molecule has 0 amide bonds. The van der Waals surface area contributed by atoms with Crippen LogP contribution < -0.4 is 0 Å². The topological polar surface area (TPSA) is 33.1 Å². The third-order valence-electron chi connectivity index (χ3n) is 2.49. The molecule has 2 nitrogen and oxygen atoms in total. The molecule has 1 atom stereocenters. The van der Waals surface area contributed by atoms with Crippen LogP contribution >= 0.6 is 0 Å². The molecule has 1 aromatic heterocycles. The molecule has 0 aliphatic carbocycles. The maximum Gasteiger partial charge on any atom is 0.123 e. The number of benzene rings is 1. The van der Waals surface area contributed by atoms with Gasteiger partial charge in [0.1, 0.15) is 11.9 Å². The number of aliphatic hydroxyl groups excluding tert-OH is 1. The minimum absolute atomic E-state index is 0.311. The normalized spacial score (nSPS) is 12.4. The van der Waals surface area contributed by atoms with E-state index in [0.717, 1.165) is 5.56 Å². The van der Waals surface area contributed by atoms with Crippen LogP contribution in [0.2, 0.25) is 0 Å². The zero-order valence-electron chi connectivity index (χ0n) is 8.89. The Morgan fingerprint density at radius 1 is 1.19 bits per heavy atom. The van der Waals surface area contributed by atoms with E-state index in [1.54, 1.807) is 18.3 Å². The van der Waals surface area contributed by atoms with Crippen molar-refractivity contribution < 1.29 is 9.50 Å². The second-order valence-electron chi connectivity index (χ2n) is 3.66. The predicted octanol–water partition coefficient (Wildman–Crippen LogP) is 2.61. The van der Waals surface area contributed by atoms with E-state index in [1.165, 1.54) is 12.1 Å². The fraction of sp³-hybridized carbons (Fsp3) is 0.154. The molecule has 2 rings (SSSR count). The minimum atomic E-state index is -0.804. The molecule has 0 bridgehead atoms. The van der Waals surface area contributed by atoms with E-state index in [-0.39, 0.29) is 5.82 Å². The molecule has 1 heterocycles. The Morgan fingerprint density at radius 2 is 1.88 bits per heavy atom. The Kier molecular flexibility index (Phi) is 2.97. The number of hydrogen-bond acceptors (Lipinski definition) is 2. The van der Waals surface area contributed by atoms with Gasteiger partial charge >= 0.3 is 0 Å². The largest absolute Gasteiger partial charge is 0.382 e. The highest BCUT2D eigenvalue weighted by atomic mass is 19.1. The second-order valence-corrected chi connectivity index (χ2v) is 3.66. The van der Waals surface area contributed by atoms with Crippen molar-refractivity contribution in [2.75, 3.05) is 0 Å². The lowest BCUT2D eigenvalue weighted by atomic mass is 10.0. The minimum Gasteiger partial charge on any atom is -0.382 e. The van der Waals surface area contributed by atoms with Gasteiger partial charge in [0.05, 0.1) is 5.69 Å².